The third-order valence-corrected chi connectivity index (χ3v) is 4.44. The predicted octanol–water partition coefficient (Wildman–Crippen LogP) is 3.71. The van der Waals surface area contributed by atoms with Gasteiger partial charge >= 0.3 is 0 Å². The number of anilines is 2. The van der Waals surface area contributed by atoms with Gasteiger partial charge in [0.2, 0.25) is 0 Å². The molecule has 0 aromatic heterocycles. The van der Waals surface area contributed by atoms with Gasteiger partial charge in [-0.05, 0) is 37.3 Å². The smallest absolute Gasteiger partial charge is 0.251 e. The second-order valence-electron chi connectivity index (χ2n) is 6.29. The van der Waals surface area contributed by atoms with E-state index < -0.39 is 0 Å². The van der Waals surface area contributed by atoms with Gasteiger partial charge in [0.1, 0.15) is 11.6 Å². The number of carbonyl (C=O) groups is 1. The van der Waals surface area contributed by atoms with Gasteiger partial charge in [-0.25, -0.2) is 4.39 Å². The molecule has 0 unspecified atom stereocenters. The molecule has 27 heavy (non-hydrogen) atoms. The number of carbonyl (C=O) groups excluding carboxylic acids is 1. The van der Waals surface area contributed by atoms with Crippen molar-refractivity contribution in [3.63, 3.8) is 0 Å². The van der Waals surface area contributed by atoms with Crippen LogP contribution in [0.4, 0.5) is 15.8 Å². The summed E-state index contributed by atoms with van der Waals surface area (Å²) in [6.45, 7) is 4.61. The molecule has 1 N–H and O–H groups in total. The topological polar surface area (TPSA) is 50.8 Å². The monoisotopic (exact) mass is 370 g/mol. The molecule has 142 valence electrons. The fraction of sp³-hybridized carbons (Fsp3) is 0.286. The molecule has 2 aromatic carbocycles. The molecule has 5 nitrogen and oxygen atoms in total. The van der Waals surface area contributed by atoms with E-state index in [1.807, 2.05) is 18.2 Å². The van der Waals surface area contributed by atoms with Gasteiger partial charge < -0.3 is 19.7 Å². The van der Waals surface area contributed by atoms with E-state index in [0.29, 0.717) is 35.8 Å². The van der Waals surface area contributed by atoms with Crippen LogP contribution in [0.3, 0.4) is 0 Å². The Morgan fingerprint density at radius 1 is 1.22 bits per heavy atom. The molecule has 1 saturated heterocycles. The van der Waals surface area contributed by atoms with Gasteiger partial charge in [0.25, 0.3) is 5.91 Å². The first-order valence-electron chi connectivity index (χ1n) is 8.83. The summed E-state index contributed by atoms with van der Waals surface area (Å²) in [7, 11) is 1.56. The Labute approximate surface area is 158 Å². The first-order valence-corrected chi connectivity index (χ1v) is 8.83. The van der Waals surface area contributed by atoms with Crippen molar-refractivity contribution in [1.82, 2.24) is 0 Å². The molecule has 0 atom stereocenters. The quantitative estimate of drug-likeness (QED) is 0.815. The summed E-state index contributed by atoms with van der Waals surface area (Å²) in [5.41, 5.74) is 2.34. The molecule has 1 fully saturated rings. The molecule has 0 bridgehead atoms. The highest BCUT2D eigenvalue weighted by atomic mass is 19.1. The standard InChI is InChI=1S/C21H23FN2O3/c1-15(13-16-5-3-4-6-18(16)22)21(25)23-19-14-17(7-8-20(19)26-2)24-9-11-27-12-10-24/h3-8,13-14H,9-12H2,1-2H3,(H,23,25)/b15-13+. The van der Waals surface area contributed by atoms with E-state index in [0.717, 1.165) is 18.8 Å². The lowest BCUT2D eigenvalue weighted by molar-refractivity contribution is -0.112. The van der Waals surface area contributed by atoms with Crippen LogP contribution in [0.25, 0.3) is 6.08 Å². The van der Waals surface area contributed by atoms with E-state index in [-0.39, 0.29) is 11.7 Å². The largest absolute Gasteiger partial charge is 0.495 e. The average molecular weight is 370 g/mol. The zero-order valence-electron chi connectivity index (χ0n) is 15.5. The highest BCUT2D eigenvalue weighted by molar-refractivity contribution is 6.07. The minimum atomic E-state index is -0.364. The van der Waals surface area contributed by atoms with E-state index in [2.05, 4.69) is 10.2 Å². The summed E-state index contributed by atoms with van der Waals surface area (Å²) in [4.78, 5) is 14.8. The molecule has 3 rings (SSSR count). The van der Waals surface area contributed by atoms with Crippen LogP contribution in [-0.2, 0) is 9.53 Å². The lowest BCUT2D eigenvalue weighted by Crippen LogP contribution is -2.36. The van der Waals surface area contributed by atoms with Crippen LogP contribution in [0.2, 0.25) is 0 Å². The number of benzene rings is 2. The molecule has 6 heteroatoms. The van der Waals surface area contributed by atoms with Crippen LogP contribution in [-0.4, -0.2) is 39.3 Å². The molecule has 0 radical (unpaired) electrons. The summed E-state index contributed by atoms with van der Waals surface area (Å²) < 4.78 is 24.6. The summed E-state index contributed by atoms with van der Waals surface area (Å²) in [5.74, 6) is -0.105. The van der Waals surface area contributed by atoms with Crippen LogP contribution in [0.5, 0.6) is 5.75 Å². The number of hydrogen-bond donors (Lipinski definition) is 1. The maximum Gasteiger partial charge on any atom is 0.251 e. The second kappa shape index (κ2) is 8.68. The average Bonchev–Trinajstić information content (AvgIpc) is 2.70. The highest BCUT2D eigenvalue weighted by Crippen LogP contribution is 2.30. The van der Waals surface area contributed by atoms with E-state index in [1.54, 1.807) is 32.2 Å². The van der Waals surface area contributed by atoms with Gasteiger partial charge in [-0.1, -0.05) is 18.2 Å². The van der Waals surface area contributed by atoms with Gasteiger partial charge in [-0.15, -0.1) is 0 Å². The maximum atomic E-state index is 13.8. The number of hydrogen-bond acceptors (Lipinski definition) is 4. The maximum absolute atomic E-state index is 13.8. The van der Waals surface area contributed by atoms with Crippen molar-refractivity contribution in [3.05, 3.63) is 59.4 Å². The minimum Gasteiger partial charge on any atom is -0.495 e. The number of methoxy groups -OCH3 is 1. The normalized spacial score (nSPS) is 14.8. The Kier molecular flexibility index (Phi) is 6.08. The number of amides is 1. The van der Waals surface area contributed by atoms with Crippen molar-refractivity contribution in [2.24, 2.45) is 0 Å². The van der Waals surface area contributed by atoms with Crippen LogP contribution >= 0.6 is 0 Å². The van der Waals surface area contributed by atoms with Crippen molar-refractivity contribution >= 4 is 23.4 Å². The zero-order valence-corrected chi connectivity index (χ0v) is 15.5. The fourth-order valence-corrected chi connectivity index (χ4v) is 2.92. The van der Waals surface area contributed by atoms with Gasteiger partial charge in [0.05, 0.1) is 26.0 Å². The Balaban J connectivity index is 1.80. The molecule has 1 amide bonds. The van der Waals surface area contributed by atoms with E-state index in [1.165, 1.54) is 12.1 Å². The summed E-state index contributed by atoms with van der Waals surface area (Å²) in [6, 6.07) is 12.0. The Morgan fingerprint density at radius 3 is 2.67 bits per heavy atom. The molecule has 2 aromatic rings. The van der Waals surface area contributed by atoms with Crippen LogP contribution in [0.15, 0.2) is 48.0 Å². The van der Waals surface area contributed by atoms with E-state index in [9.17, 15) is 9.18 Å². The van der Waals surface area contributed by atoms with Gasteiger partial charge in [0, 0.05) is 29.9 Å². The summed E-state index contributed by atoms with van der Waals surface area (Å²) in [6.07, 6.45) is 1.53. The predicted molar refractivity (Wildman–Crippen MR) is 105 cm³/mol. The van der Waals surface area contributed by atoms with Crippen molar-refractivity contribution in [2.45, 2.75) is 6.92 Å². The summed E-state index contributed by atoms with van der Waals surface area (Å²) in [5, 5.41) is 2.87. The minimum absolute atomic E-state index is 0.310. The zero-order chi connectivity index (χ0) is 19.2. The summed E-state index contributed by atoms with van der Waals surface area (Å²) >= 11 is 0. The first kappa shape index (κ1) is 18.9. The van der Waals surface area contributed by atoms with Gasteiger partial charge in [-0.3, -0.25) is 4.79 Å². The number of nitrogens with zero attached hydrogens (tertiary/aromatic N) is 1. The second-order valence-corrected chi connectivity index (χ2v) is 6.29. The molecule has 0 saturated carbocycles. The van der Waals surface area contributed by atoms with Crippen LogP contribution in [0.1, 0.15) is 12.5 Å². The number of ether oxygens (including phenoxy) is 2. The van der Waals surface area contributed by atoms with Crippen molar-refractivity contribution < 1.29 is 18.7 Å². The molecule has 1 heterocycles. The highest BCUT2D eigenvalue weighted by Gasteiger charge is 2.15. The first-order chi connectivity index (χ1) is 13.1. The SMILES string of the molecule is COc1ccc(N2CCOCC2)cc1NC(=O)/C(C)=C/c1ccccc1F. The number of morpholine rings is 1. The van der Waals surface area contributed by atoms with Crippen LogP contribution in [0, 0.1) is 5.82 Å². The van der Waals surface area contributed by atoms with Gasteiger partial charge in [0.15, 0.2) is 0 Å². The molecular formula is C21H23FN2O3. The van der Waals surface area contributed by atoms with E-state index >= 15 is 0 Å². The Hall–Kier alpha value is -2.86. The molecule has 0 spiro atoms. The fourth-order valence-electron chi connectivity index (χ4n) is 2.92. The third-order valence-electron chi connectivity index (χ3n) is 4.44. The third kappa shape index (κ3) is 4.65. The Morgan fingerprint density at radius 2 is 1.96 bits per heavy atom. The van der Waals surface area contributed by atoms with Gasteiger partial charge in [-0.2, -0.15) is 0 Å². The van der Waals surface area contributed by atoms with Crippen molar-refractivity contribution in [3.8, 4) is 5.75 Å². The van der Waals surface area contributed by atoms with Crippen LogP contribution < -0.4 is 15.0 Å². The number of rotatable bonds is 5. The van der Waals surface area contributed by atoms with E-state index in [4.69, 9.17) is 9.47 Å². The lowest BCUT2D eigenvalue weighted by Gasteiger charge is -2.29. The molecule has 0 aliphatic carbocycles. The molecule has 1 aliphatic rings. The molecule has 1 aliphatic heterocycles. The Bertz CT molecular complexity index is 845. The molecular weight excluding hydrogens is 347 g/mol. The lowest BCUT2D eigenvalue weighted by atomic mass is 10.1. The van der Waals surface area contributed by atoms with Crippen molar-refractivity contribution in [1.29, 1.82) is 0 Å². The number of nitrogens with one attached hydrogen (secondary N) is 1. The number of halogens is 1. The van der Waals surface area contributed by atoms with Crippen molar-refractivity contribution in [2.75, 3.05) is 43.6 Å².